The van der Waals surface area contributed by atoms with Crippen molar-refractivity contribution in [3.63, 3.8) is 0 Å². The fourth-order valence-electron chi connectivity index (χ4n) is 5.16. The van der Waals surface area contributed by atoms with Crippen molar-refractivity contribution in [1.29, 1.82) is 0 Å². The van der Waals surface area contributed by atoms with Gasteiger partial charge in [0.05, 0.1) is 30.9 Å². The molecule has 5 nitrogen and oxygen atoms in total. The van der Waals surface area contributed by atoms with Gasteiger partial charge in [0.25, 0.3) is 5.91 Å². The van der Waals surface area contributed by atoms with Crippen molar-refractivity contribution in [3.8, 4) is 11.4 Å². The van der Waals surface area contributed by atoms with Gasteiger partial charge < -0.3 is 14.2 Å². The van der Waals surface area contributed by atoms with E-state index in [2.05, 4.69) is 4.98 Å². The van der Waals surface area contributed by atoms with Gasteiger partial charge in [0.1, 0.15) is 11.6 Å². The van der Waals surface area contributed by atoms with E-state index in [1.54, 1.807) is 13.4 Å². The van der Waals surface area contributed by atoms with Crippen LogP contribution in [0, 0.1) is 12.7 Å². The molecule has 0 spiro atoms. The Balaban J connectivity index is 1.44. The molecule has 0 saturated carbocycles. The molecule has 6 heteroatoms. The molecule has 0 aliphatic carbocycles. The second kappa shape index (κ2) is 8.85. The summed E-state index contributed by atoms with van der Waals surface area (Å²) in [5.41, 5.74) is 4.60. The van der Waals surface area contributed by atoms with Gasteiger partial charge in [-0.1, -0.05) is 18.2 Å². The van der Waals surface area contributed by atoms with Crippen molar-refractivity contribution in [2.75, 3.05) is 7.11 Å². The van der Waals surface area contributed by atoms with Gasteiger partial charge in [-0.3, -0.25) is 4.79 Å². The Morgan fingerprint density at radius 1 is 1.12 bits per heavy atom. The molecule has 0 radical (unpaired) electrons. The highest BCUT2D eigenvalue weighted by Crippen LogP contribution is 2.41. The minimum atomic E-state index is -0.250. The normalized spacial score (nSPS) is 21.8. The first-order chi connectivity index (χ1) is 16.0. The molecule has 0 bridgehead atoms. The summed E-state index contributed by atoms with van der Waals surface area (Å²) in [4.78, 5) is 19.9. The van der Waals surface area contributed by atoms with Crippen molar-refractivity contribution in [3.05, 3.63) is 83.2 Å². The maximum Gasteiger partial charge on any atom is 0.250 e. The Morgan fingerprint density at radius 2 is 1.94 bits per heavy atom. The molecule has 3 heterocycles. The van der Waals surface area contributed by atoms with Gasteiger partial charge in [-0.25, -0.2) is 9.37 Å². The number of aryl methyl sites for hydroxylation is 1. The van der Waals surface area contributed by atoms with E-state index in [1.165, 1.54) is 12.1 Å². The molecule has 170 valence electrons. The number of fused-ring (bicyclic) bond motifs is 1. The number of carbonyl (C=O) groups is 1. The van der Waals surface area contributed by atoms with Crippen LogP contribution in [-0.2, 0) is 4.79 Å². The van der Waals surface area contributed by atoms with Gasteiger partial charge in [-0.15, -0.1) is 0 Å². The summed E-state index contributed by atoms with van der Waals surface area (Å²) in [6, 6.07) is 12.8. The molecule has 2 fully saturated rings. The number of amides is 1. The fraction of sp³-hybridized carbons (Fsp3) is 0.333. The van der Waals surface area contributed by atoms with Crippen LogP contribution in [0.15, 0.2) is 60.6 Å². The van der Waals surface area contributed by atoms with Crippen LogP contribution in [0.4, 0.5) is 4.39 Å². The Hall–Kier alpha value is -3.41. The number of nitrogens with zero attached hydrogens (tertiary/aromatic N) is 3. The van der Waals surface area contributed by atoms with E-state index in [1.807, 2.05) is 59.0 Å². The molecular formula is C27H28FN3O2. The maximum absolute atomic E-state index is 13.6. The van der Waals surface area contributed by atoms with Crippen LogP contribution in [0.25, 0.3) is 11.8 Å². The van der Waals surface area contributed by atoms with Gasteiger partial charge in [0, 0.05) is 17.8 Å². The number of hydrogen-bond donors (Lipinski definition) is 0. The van der Waals surface area contributed by atoms with Crippen LogP contribution in [-0.4, -0.2) is 33.5 Å². The maximum atomic E-state index is 13.6. The Bertz CT molecular complexity index is 1200. The van der Waals surface area contributed by atoms with Crippen LogP contribution < -0.4 is 4.74 Å². The van der Waals surface area contributed by atoms with Crippen molar-refractivity contribution in [2.45, 2.75) is 51.1 Å². The van der Waals surface area contributed by atoms with Crippen LogP contribution in [0.5, 0.6) is 5.75 Å². The second-order valence-electron chi connectivity index (χ2n) is 8.93. The van der Waals surface area contributed by atoms with E-state index in [4.69, 9.17) is 4.74 Å². The molecule has 3 aromatic rings. The van der Waals surface area contributed by atoms with Crippen LogP contribution in [0.2, 0.25) is 0 Å². The highest BCUT2D eigenvalue weighted by atomic mass is 19.1. The minimum absolute atomic E-state index is 0.00180. The number of methoxy groups -OCH3 is 1. The summed E-state index contributed by atoms with van der Waals surface area (Å²) >= 11 is 0. The first-order valence-corrected chi connectivity index (χ1v) is 11.5. The lowest BCUT2D eigenvalue weighted by molar-refractivity contribution is -0.136. The molecule has 5 rings (SSSR count). The first kappa shape index (κ1) is 21.4. The van der Waals surface area contributed by atoms with E-state index in [0.717, 1.165) is 65.9 Å². The molecule has 0 N–H and O–H groups in total. The van der Waals surface area contributed by atoms with Crippen LogP contribution >= 0.6 is 0 Å². The van der Waals surface area contributed by atoms with Crippen molar-refractivity contribution in [2.24, 2.45) is 0 Å². The molecule has 1 amide bonds. The summed E-state index contributed by atoms with van der Waals surface area (Å²) in [5.74, 6) is 0.568. The molecule has 2 aliphatic rings. The van der Waals surface area contributed by atoms with E-state index in [-0.39, 0.29) is 23.8 Å². The summed E-state index contributed by atoms with van der Waals surface area (Å²) < 4.78 is 21.0. The lowest BCUT2D eigenvalue weighted by atomic mass is 9.84. The van der Waals surface area contributed by atoms with Crippen molar-refractivity contribution < 1.29 is 13.9 Å². The smallest absolute Gasteiger partial charge is 0.250 e. The number of benzene rings is 2. The minimum Gasteiger partial charge on any atom is -0.495 e. The lowest BCUT2D eigenvalue weighted by Gasteiger charge is -2.46. The number of hydrogen-bond acceptors (Lipinski definition) is 3. The standard InChI is InChI=1S/C27H28FN3O2/c1-18-16-30(17-29-18)25-13-6-19(15-26(25)33-2)14-21-9-12-23-4-3-5-24(31(23)27(21)32)20-7-10-22(28)11-8-20/h6-8,10-11,13-17,23-24H,3-5,9,12H2,1-2H3/t23-,24-/m1/s1. The van der Waals surface area contributed by atoms with E-state index >= 15 is 0 Å². The van der Waals surface area contributed by atoms with E-state index in [9.17, 15) is 9.18 Å². The Kier molecular flexibility index (Phi) is 5.75. The van der Waals surface area contributed by atoms with Gasteiger partial charge in [-0.2, -0.15) is 0 Å². The molecule has 2 aliphatic heterocycles. The first-order valence-electron chi connectivity index (χ1n) is 11.5. The number of aromatic nitrogens is 2. The van der Waals surface area contributed by atoms with Gasteiger partial charge >= 0.3 is 0 Å². The number of imidazole rings is 1. The third-order valence-electron chi connectivity index (χ3n) is 6.79. The second-order valence-corrected chi connectivity index (χ2v) is 8.93. The third-order valence-corrected chi connectivity index (χ3v) is 6.79. The van der Waals surface area contributed by atoms with Crippen molar-refractivity contribution in [1.82, 2.24) is 14.5 Å². The average Bonchev–Trinajstić information content (AvgIpc) is 3.27. The number of rotatable bonds is 4. The topological polar surface area (TPSA) is 47.4 Å². The largest absolute Gasteiger partial charge is 0.495 e. The highest BCUT2D eigenvalue weighted by Gasteiger charge is 2.39. The molecule has 33 heavy (non-hydrogen) atoms. The van der Waals surface area contributed by atoms with E-state index in [0.29, 0.717) is 0 Å². The predicted molar refractivity (Wildman–Crippen MR) is 126 cm³/mol. The lowest BCUT2D eigenvalue weighted by Crippen LogP contribution is -2.49. The van der Waals surface area contributed by atoms with Gasteiger partial charge in [-0.05, 0) is 80.5 Å². The highest BCUT2D eigenvalue weighted by molar-refractivity contribution is 5.99. The zero-order chi connectivity index (χ0) is 22.9. The number of piperidine rings is 2. The summed E-state index contributed by atoms with van der Waals surface area (Å²) in [7, 11) is 1.65. The SMILES string of the molecule is COc1cc(C=C2CC[C@H]3CCC[C@H](c4ccc(F)cc4)N3C2=O)ccc1-n1cnc(C)c1. The molecule has 1 aromatic heterocycles. The van der Waals surface area contributed by atoms with E-state index < -0.39 is 0 Å². The quantitative estimate of drug-likeness (QED) is 0.489. The predicted octanol–water partition coefficient (Wildman–Crippen LogP) is 5.63. The van der Waals surface area contributed by atoms with Gasteiger partial charge in [0.15, 0.2) is 0 Å². The molecule has 0 unspecified atom stereocenters. The Morgan fingerprint density at radius 3 is 2.67 bits per heavy atom. The molecular weight excluding hydrogens is 417 g/mol. The monoisotopic (exact) mass is 445 g/mol. The summed E-state index contributed by atoms with van der Waals surface area (Å²) in [6.07, 6.45) is 10.5. The number of carbonyl (C=O) groups excluding carboxylic acids is 1. The molecule has 2 atom stereocenters. The molecule has 2 aromatic carbocycles. The van der Waals surface area contributed by atoms with Crippen LogP contribution in [0.1, 0.15) is 55.0 Å². The fourth-order valence-corrected chi connectivity index (χ4v) is 5.16. The van der Waals surface area contributed by atoms with Crippen molar-refractivity contribution >= 4 is 12.0 Å². The average molecular weight is 446 g/mol. The zero-order valence-electron chi connectivity index (χ0n) is 19.0. The molecule has 2 saturated heterocycles. The zero-order valence-corrected chi connectivity index (χ0v) is 19.0. The number of halogens is 1. The summed E-state index contributed by atoms with van der Waals surface area (Å²) in [6.45, 7) is 1.95. The third kappa shape index (κ3) is 4.17. The number of ether oxygens (including phenoxy) is 1. The van der Waals surface area contributed by atoms with Gasteiger partial charge in [0.2, 0.25) is 0 Å². The Labute approximate surface area is 193 Å². The van der Waals surface area contributed by atoms with Crippen LogP contribution in [0.3, 0.4) is 0 Å². The summed E-state index contributed by atoms with van der Waals surface area (Å²) in [5, 5.41) is 0.